The van der Waals surface area contributed by atoms with E-state index >= 15 is 0 Å². The van der Waals surface area contributed by atoms with Crippen molar-refractivity contribution < 1.29 is 5.11 Å². The van der Waals surface area contributed by atoms with E-state index in [1.807, 2.05) is 34.9 Å². The molecular formula is C16H26N6O. The van der Waals surface area contributed by atoms with E-state index in [0.717, 1.165) is 19.4 Å². The zero-order valence-corrected chi connectivity index (χ0v) is 14.1. The first kappa shape index (κ1) is 16.1. The normalized spacial score (nSPS) is 22.4. The number of nitrogens with one attached hydrogen (secondary N) is 1. The lowest BCUT2D eigenvalue weighted by Gasteiger charge is -2.32. The maximum Gasteiger partial charge on any atom is 0.114 e. The monoisotopic (exact) mass is 318 g/mol. The van der Waals surface area contributed by atoms with Gasteiger partial charge in [0, 0.05) is 25.8 Å². The number of aliphatic hydroxyl groups is 1. The number of hydrogen-bond acceptors (Lipinski definition) is 5. The van der Waals surface area contributed by atoms with Crippen LogP contribution in [-0.4, -0.2) is 35.9 Å². The van der Waals surface area contributed by atoms with Gasteiger partial charge in [-0.1, -0.05) is 18.1 Å². The van der Waals surface area contributed by atoms with Gasteiger partial charge in [0.25, 0.3) is 0 Å². The van der Waals surface area contributed by atoms with Crippen molar-refractivity contribution in [2.24, 2.45) is 7.05 Å². The second kappa shape index (κ2) is 6.41. The van der Waals surface area contributed by atoms with Crippen LogP contribution in [0, 0.1) is 0 Å². The molecule has 3 rings (SSSR count). The van der Waals surface area contributed by atoms with Crippen molar-refractivity contribution in [3.63, 3.8) is 0 Å². The zero-order chi connectivity index (χ0) is 16.4. The van der Waals surface area contributed by atoms with Gasteiger partial charge in [-0.05, 0) is 32.8 Å². The zero-order valence-electron chi connectivity index (χ0n) is 14.1. The van der Waals surface area contributed by atoms with E-state index in [-0.39, 0.29) is 6.04 Å². The summed E-state index contributed by atoms with van der Waals surface area (Å²) < 4.78 is 3.82. The molecule has 0 unspecified atom stereocenters. The van der Waals surface area contributed by atoms with E-state index in [2.05, 4.69) is 20.7 Å². The quantitative estimate of drug-likeness (QED) is 0.873. The second-order valence-electron chi connectivity index (χ2n) is 6.93. The number of rotatable bonds is 5. The molecule has 2 aromatic rings. The average molecular weight is 318 g/mol. The molecule has 2 N–H and O–H groups in total. The molecule has 0 saturated heterocycles. The molecule has 1 aliphatic rings. The highest BCUT2D eigenvalue weighted by Gasteiger charge is 2.29. The molecule has 0 radical (unpaired) electrons. The van der Waals surface area contributed by atoms with Gasteiger partial charge < -0.3 is 10.4 Å². The van der Waals surface area contributed by atoms with Gasteiger partial charge in [-0.25, -0.2) is 4.68 Å². The molecule has 1 aliphatic carbocycles. The Kier molecular flexibility index (Phi) is 4.50. The minimum atomic E-state index is -0.954. The number of hydrogen-bond donors (Lipinski definition) is 2. The summed E-state index contributed by atoms with van der Waals surface area (Å²) in [6, 6.07) is 2.67. The molecule has 7 nitrogen and oxygen atoms in total. The van der Waals surface area contributed by atoms with Crippen molar-refractivity contribution in [1.29, 1.82) is 0 Å². The summed E-state index contributed by atoms with van der Waals surface area (Å²) in [6.45, 7) is 4.27. The Hall–Kier alpha value is -1.73. The van der Waals surface area contributed by atoms with Crippen LogP contribution < -0.4 is 5.32 Å². The van der Waals surface area contributed by atoms with Crippen LogP contribution in [0.2, 0.25) is 0 Å². The fourth-order valence-corrected chi connectivity index (χ4v) is 3.20. The van der Waals surface area contributed by atoms with Gasteiger partial charge in [0.2, 0.25) is 0 Å². The molecule has 1 fully saturated rings. The van der Waals surface area contributed by atoms with Gasteiger partial charge in [-0.2, -0.15) is 5.10 Å². The van der Waals surface area contributed by atoms with Gasteiger partial charge >= 0.3 is 0 Å². The topological polar surface area (TPSA) is 80.8 Å². The summed E-state index contributed by atoms with van der Waals surface area (Å²) in [6.07, 6.45) is 8.34. The van der Waals surface area contributed by atoms with Gasteiger partial charge in [0.15, 0.2) is 0 Å². The molecule has 23 heavy (non-hydrogen) atoms. The third kappa shape index (κ3) is 3.61. The largest absolute Gasteiger partial charge is 0.384 e. The molecule has 126 valence electrons. The Morgan fingerprint density at radius 3 is 2.78 bits per heavy atom. The van der Waals surface area contributed by atoms with Gasteiger partial charge in [-0.15, -0.1) is 5.10 Å². The predicted octanol–water partition coefficient (Wildman–Crippen LogP) is 1.51. The van der Waals surface area contributed by atoms with Crippen LogP contribution >= 0.6 is 0 Å². The van der Waals surface area contributed by atoms with E-state index in [9.17, 15) is 5.11 Å². The lowest BCUT2D eigenvalue weighted by molar-refractivity contribution is 0.0736. The Balaban J connectivity index is 1.71. The molecule has 2 heterocycles. The van der Waals surface area contributed by atoms with Crippen LogP contribution in [0.5, 0.6) is 0 Å². The molecule has 0 amide bonds. The highest BCUT2D eigenvalue weighted by molar-refractivity contribution is 5.05. The summed E-state index contributed by atoms with van der Waals surface area (Å²) in [5, 5.41) is 26.4. The minimum absolute atomic E-state index is 0.278. The second-order valence-corrected chi connectivity index (χ2v) is 6.93. The van der Waals surface area contributed by atoms with Crippen LogP contribution in [0.15, 0.2) is 18.5 Å². The van der Waals surface area contributed by atoms with Gasteiger partial charge in [0.05, 0.1) is 17.9 Å². The molecule has 1 saturated carbocycles. The van der Waals surface area contributed by atoms with Crippen molar-refractivity contribution in [1.82, 2.24) is 30.1 Å². The summed E-state index contributed by atoms with van der Waals surface area (Å²) in [4.78, 5) is 0. The van der Waals surface area contributed by atoms with Crippen LogP contribution in [0.4, 0.5) is 0 Å². The molecule has 0 bridgehead atoms. The van der Waals surface area contributed by atoms with Crippen molar-refractivity contribution in [3.8, 4) is 0 Å². The molecule has 7 heteroatoms. The minimum Gasteiger partial charge on any atom is -0.384 e. The van der Waals surface area contributed by atoms with Crippen LogP contribution in [0.3, 0.4) is 0 Å². The smallest absolute Gasteiger partial charge is 0.114 e. The van der Waals surface area contributed by atoms with Gasteiger partial charge in [-0.3, -0.25) is 4.68 Å². The summed E-state index contributed by atoms with van der Waals surface area (Å²) in [7, 11) is 1.96. The lowest BCUT2D eigenvalue weighted by Crippen LogP contribution is -2.40. The maximum absolute atomic E-state index is 10.1. The number of aromatic nitrogens is 5. The summed E-state index contributed by atoms with van der Waals surface area (Å²) >= 11 is 0. The van der Waals surface area contributed by atoms with E-state index in [1.165, 1.54) is 18.5 Å². The highest BCUT2D eigenvalue weighted by Crippen LogP contribution is 2.29. The first-order chi connectivity index (χ1) is 10.9. The van der Waals surface area contributed by atoms with Crippen molar-refractivity contribution in [2.75, 3.05) is 0 Å². The molecule has 0 aromatic carbocycles. The molecule has 0 aliphatic heterocycles. The van der Waals surface area contributed by atoms with E-state index in [0.29, 0.717) is 11.7 Å². The molecular weight excluding hydrogens is 292 g/mol. The third-order valence-corrected chi connectivity index (χ3v) is 4.67. The fourth-order valence-electron chi connectivity index (χ4n) is 3.20. The molecule has 2 atom stereocenters. The Bertz CT molecular complexity index is 641. The first-order valence-corrected chi connectivity index (χ1v) is 8.30. The molecule has 2 aromatic heterocycles. The summed E-state index contributed by atoms with van der Waals surface area (Å²) in [5.74, 6) is 0. The Morgan fingerprint density at radius 2 is 2.13 bits per heavy atom. The van der Waals surface area contributed by atoms with E-state index in [1.54, 1.807) is 13.8 Å². The van der Waals surface area contributed by atoms with Crippen molar-refractivity contribution in [3.05, 3.63) is 29.8 Å². The van der Waals surface area contributed by atoms with Crippen LogP contribution in [-0.2, 0) is 19.2 Å². The Morgan fingerprint density at radius 1 is 1.35 bits per heavy atom. The first-order valence-electron chi connectivity index (χ1n) is 8.30. The average Bonchev–Trinajstić information content (AvgIpc) is 3.14. The van der Waals surface area contributed by atoms with Gasteiger partial charge in [0.1, 0.15) is 11.3 Å². The SMILES string of the molecule is Cn1nccc1CN[C@H]1CCCC[C@H]1n1cc(C(C)(C)O)nn1. The fraction of sp³-hybridized carbons (Fsp3) is 0.688. The maximum atomic E-state index is 10.1. The Labute approximate surface area is 136 Å². The van der Waals surface area contributed by atoms with Crippen molar-refractivity contribution in [2.45, 2.75) is 63.8 Å². The standard InChI is InChI=1S/C16H26N6O/c1-16(2,23)15-11-22(20-19-15)14-7-5-4-6-13(14)17-10-12-8-9-18-21(12)3/h8-9,11,13-14,17,23H,4-7,10H2,1-3H3/t13-,14+/m0/s1. The summed E-state index contributed by atoms with van der Waals surface area (Å²) in [5.41, 5.74) is 0.837. The highest BCUT2D eigenvalue weighted by atomic mass is 16.3. The number of nitrogens with zero attached hydrogens (tertiary/aromatic N) is 5. The van der Waals surface area contributed by atoms with Crippen LogP contribution in [0.25, 0.3) is 0 Å². The lowest BCUT2D eigenvalue weighted by atomic mass is 9.90. The van der Waals surface area contributed by atoms with Crippen LogP contribution in [0.1, 0.15) is 57.0 Å². The number of aryl methyl sites for hydroxylation is 1. The van der Waals surface area contributed by atoms with Crippen molar-refractivity contribution >= 4 is 0 Å². The molecule has 0 spiro atoms. The van der Waals surface area contributed by atoms with E-state index in [4.69, 9.17) is 0 Å². The van der Waals surface area contributed by atoms with E-state index < -0.39 is 5.60 Å². The third-order valence-electron chi connectivity index (χ3n) is 4.67. The predicted molar refractivity (Wildman–Crippen MR) is 86.6 cm³/mol.